The van der Waals surface area contributed by atoms with Gasteiger partial charge in [-0.2, -0.15) is 0 Å². The Balaban J connectivity index is 1.53. The Hall–Kier alpha value is -0.120. The first-order valence-corrected chi connectivity index (χ1v) is 8.91. The number of piperidine rings is 2. The van der Waals surface area contributed by atoms with Crippen LogP contribution in [0.1, 0.15) is 51.9 Å². The number of hydrogen-bond donors (Lipinski definition) is 1. The quantitative estimate of drug-likeness (QED) is 0.833. The molecule has 0 radical (unpaired) electrons. The highest BCUT2D eigenvalue weighted by Gasteiger charge is 2.38. The average Bonchev–Trinajstić information content (AvgIpc) is 2.91. The lowest BCUT2D eigenvalue weighted by molar-refractivity contribution is 0.0120. The van der Waals surface area contributed by atoms with Crippen molar-refractivity contribution in [3.8, 4) is 0 Å². The zero-order chi connectivity index (χ0) is 13.9. The van der Waals surface area contributed by atoms with E-state index < -0.39 is 0 Å². The number of likely N-dealkylation sites (tertiary alicyclic amines) is 1. The maximum Gasteiger partial charge on any atom is 0.0113 e. The minimum absolute atomic E-state index is 0.774. The van der Waals surface area contributed by atoms with Crippen LogP contribution in [0.2, 0.25) is 0 Å². The van der Waals surface area contributed by atoms with Crippen molar-refractivity contribution in [1.29, 1.82) is 0 Å². The van der Waals surface area contributed by atoms with E-state index in [1.54, 1.807) is 0 Å². The maximum absolute atomic E-state index is 3.53. The maximum atomic E-state index is 3.53. The van der Waals surface area contributed by atoms with Gasteiger partial charge in [0, 0.05) is 31.2 Å². The van der Waals surface area contributed by atoms with Crippen LogP contribution in [-0.4, -0.2) is 61.2 Å². The van der Waals surface area contributed by atoms with E-state index in [0.717, 1.165) is 24.0 Å². The SMILES string of the molecule is CNC1CC2CCCC(C1)N2CC(C)CN1CCCC1. The van der Waals surface area contributed by atoms with Crippen LogP contribution < -0.4 is 5.32 Å². The van der Waals surface area contributed by atoms with Crippen LogP contribution in [-0.2, 0) is 0 Å². The second-order valence-electron chi connectivity index (χ2n) is 7.51. The first-order chi connectivity index (χ1) is 9.76. The van der Waals surface area contributed by atoms with Gasteiger partial charge in [-0.1, -0.05) is 13.3 Å². The van der Waals surface area contributed by atoms with Gasteiger partial charge >= 0.3 is 0 Å². The predicted molar refractivity (Wildman–Crippen MR) is 85.1 cm³/mol. The Morgan fingerprint density at radius 3 is 2.25 bits per heavy atom. The molecule has 0 aromatic carbocycles. The summed E-state index contributed by atoms with van der Waals surface area (Å²) in [5, 5.41) is 3.53. The van der Waals surface area contributed by atoms with Crippen molar-refractivity contribution in [2.24, 2.45) is 5.92 Å². The molecule has 3 heterocycles. The summed E-state index contributed by atoms with van der Waals surface area (Å²) in [7, 11) is 2.14. The summed E-state index contributed by atoms with van der Waals surface area (Å²) in [6, 6.07) is 2.50. The Kier molecular flexibility index (Phi) is 5.00. The smallest absolute Gasteiger partial charge is 0.0113 e. The van der Waals surface area contributed by atoms with Gasteiger partial charge in [0.15, 0.2) is 0 Å². The minimum Gasteiger partial charge on any atom is -0.317 e. The molecular formula is C17H33N3. The van der Waals surface area contributed by atoms with Crippen LogP contribution in [0, 0.1) is 5.92 Å². The molecule has 0 amide bonds. The Labute approximate surface area is 125 Å². The highest BCUT2D eigenvalue weighted by atomic mass is 15.2. The minimum atomic E-state index is 0.774. The molecule has 1 N–H and O–H groups in total. The highest BCUT2D eigenvalue weighted by molar-refractivity contribution is 4.95. The summed E-state index contributed by atoms with van der Waals surface area (Å²) >= 11 is 0. The van der Waals surface area contributed by atoms with Crippen molar-refractivity contribution in [3.63, 3.8) is 0 Å². The second kappa shape index (κ2) is 6.76. The first-order valence-electron chi connectivity index (χ1n) is 8.91. The van der Waals surface area contributed by atoms with Crippen LogP contribution in [0.5, 0.6) is 0 Å². The van der Waals surface area contributed by atoms with E-state index in [1.807, 2.05) is 0 Å². The number of hydrogen-bond acceptors (Lipinski definition) is 3. The molecule has 3 unspecified atom stereocenters. The molecule has 0 saturated carbocycles. The standard InChI is InChI=1S/C17H33N3/c1-14(12-19-8-3-4-9-19)13-20-16-6-5-7-17(20)11-15(10-16)18-2/h14-18H,3-13H2,1-2H3. The third kappa shape index (κ3) is 3.37. The Bertz CT molecular complexity index is 287. The van der Waals surface area contributed by atoms with Crippen molar-refractivity contribution >= 4 is 0 Å². The first kappa shape index (κ1) is 14.8. The van der Waals surface area contributed by atoms with Gasteiger partial charge < -0.3 is 10.2 Å². The molecule has 3 aliphatic heterocycles. The summed E-state index contributed by atoms with van der Waals surface area (Å²) in [5.74, 6) is 0.835. The second-order valence-corrected chi connectivity index (χ2v) is 7.51. The predicted octanol–water partition coefficient (Wildman–Crippen LogP) is 2.32. The third-order valence-electron chi connectivity index (χ3n) is 5.83. The van der Waals surface area contributed by atoms with Crippen molar-refractivity contribution in [3.05, 3.63) is 0 Å². The third-order valence-corrected chi connectivity index (χ3v) is 5.83. The van der Waals surface area contributed by atoms with Crippen LogP contribution in [0.25, 0.3) is 0 Å². The highest BCUT2D eigenvalue weighted by Crippen LogP contribution is 2.34. The lowest BCUT2D eigenvalue weighted by Crippen LogP contribution is -2.57. The van der Waals surface area contributed by atoms with Crippen molar-refractivity contribution in [1.82, 2.24) is 15.1 Å². The van der Waals surface area contributed by atoms with E-state index in [0.29, 0.717) is 0 Å². The van der Waals surface area contributed by atoms with Gasteiger partial charge in [0.1, 0.15) is 0 Å². The molecule has 3 heteroatoms. The van der Waals surface area contributed by atoms with Gasteiger partial charge in [0.05, 0.1) is 0 Å². The molecule has 3 aliphatic rings. The Morgan fingerprint density at radius 1 is 1.00 bits per heavy atom. The fourth-order valence-electron chi connectivity index (χ4n) is 4.84. The van der Waals surface area contributed by atoms with Crippen molar-refractivity contribution in [2.75, 3.05) is 33.2 Å². The van der Waals surface area contributed by atoms with E-state index in [1.165, 1.54) is 71.1 Å². The average molecular weight is 279 g/mol. The largest absolute Gasteiger partial charge is 0.317 e. The molecule has 0 aliphatic carbocycles. The van der Waals surface area contributed by atoms with Crippen molar-refractivity contribution < 1.29 is 0 Å². The van der Waals surface area contributed by atoms with Gasteiger partial charge in [-0.15, -0.1) is 0 Å². The van der Waals surface area contributed by atoms with E-state index in [-0.39, 0.29) is 0 Å². The van der Waals surface area contributed by atoms with Gasteiger partial charge in [-0.05, 0) is 64.6 Å². The lowest BCUT2D eigenvalue weighted by atomic mass is 9.81. The molecule has 0 aromatic heterocycles. The van der Waals surface area contributed by atoms with Crippen LogP contribution in [0.4, 0.5) is 0 Å². The summed E-state index contributed by atoms with van der Waals surface area (Å²) in [6.07, 6.45) is 9.93. The molecule has 0 spiro atoms. The molecule has 3 nitrogen and oxygen atoms in total. The van der Waals surface area contributed by atoms with Crippen molar-refractivity contribution in [2.45, 2.75) is 70.0 Å². The monoisotopic (exact) mass is 279 g/mol. The summed E-state index contributed by atoms with van der Waals surface area (Å²) in [6.45, 7) is 7.82. The topological polar surface area (TPSA) is 18.5 Å². The normalized spacial score (nSPS) is 37.2. The van der Waals surface area contributed by atoms with Gasteiger partial charge in [0.2, 0.25) is 0 Å². The molecule has 2 bridgehead atoms. The van der Waals surface area contributed by atoms with Crippen LogP contribution in [0.15, 0.2) is 0 Å². The van der Waals surface area contributed by atoms with Gasteiger partial charge in [0.25, 0.3) is 0 Å². The summed E-state index contributed by atoms with van der Waals surface area (Å²) in [5.41, 5.74) is 0. The molecular weight excluding hydrogens is 246 g/mol. The zero-order valence-electron chi connectivity index (χ0n) is 13.5. The Morgan fingerprint density at radius 2 is 1.65 bits per heavy atom. The fourth-order valence-corrected chi connectivity index (χ4v) is 4.84. The zero-order valence-corrected chi connectivity index (χ0v) is 13.5. The molecule has 0 aromatic rings. The van der Waals surface area contributed by atoms with E-state index in [2.05, 4.69) is 29.1 Å². The van der Waals surface area contributed by atoms with Gasteiger partial charge in [-0.3, -0.25) is 4.90 Å². The summed E-state index contributed by atoms with van der Waals surface area (Å²) in [4.78, 5) is 5.57. The molecule has 3 fully saturated rings. The fraction of sp³-hybridized carbons (Fsp3) is 1.00. The number of fused-ring (bicyclic) bond motifs is 2. The lowest BCUT2D eigenvalue weighted by Gasteiger charge is -2.50. The molecule has 3 rings (SSSR count). The molecule has 3 atom stereocenters. The molecule has 3 saturated heterocycles. The van der Waals surface area contributed by atoms with Crippen LogP contribution in [0.3, 0.4) is 0 Å². The molecule has 20 heavy (non-hydrogen) atoms. The molecule has 116 valence electrons. The van der Waals surface area contributed by atoms with Gasteiger partial charge in [-0.25, -0.2) is 0 Å². The van der Waals surface area contributed by atoms with E-state index >= 15 is 0 Å². The number of nitrogens with zero attached hydrogens (tertiary/aromatic N) is 2. The van der Waals surface area contributed by atoms with E-state index in [9.17, 15) is 0 Å². The summed E-state index contributed by atoms with van der Waals surface area (Å²) < 4.78 is 0. The van der Waals surface area contributed by atoms with Crippen LogP contribution >= 0.6 is 0 Å². The number of rotatable bonds is 5. The van der Waals surface area contributed by atoms with E-state index in [4.69, 9.17) is 0 Å². The number of nitrogens with one attached hydrogen (secondary N) is 1.